The zero-order valence-electron chi connectivity index (χ0n) is 53.5. The highest BCUT2D eigenvalue weighted by molar-refractivity contribution is 5.71. The lowest BCUT2D eigenvalue weighted by atomic mass is 10.1. The number of carbonyl (C=O) groups excluding carboxylic acids is 3. The Kier molecular flexibility index (Phi) is 65.7. The smallest absolute Gasteiger partial charge is 0.306 e. The van der Waals surface area contributed by atoms with Gasteiger partial charge < -0.3 is 14.2 Å². The molecule has 0 aliphatic heterocycles. The fourth-order valence-electron chi connectivity index (χ4n) is 9.89. The van der Waals surface area contributed by atoms with E-state index in [0.29, 0.717) is 19.3 Å². The van der Waals surface area contributed by atoms with Crippen LogP contribution in [0.4, 0.5) is 0 Å². The van der Waals surface area contributed by atoms with Crippen LogP contribution in [0.1, 0.15) is 342 Å². The molecule has 81 heavy (non-hydrogen) atoms. The summed E-state index contributed by atoms with van der Waals surface area (Å²) < 4.78 is 16.9. The first-order valence-corrected chi connectivity index (χ1v) is 34.7. The molecule has 0 spiro atoms. The minimum atomic E-state index is -0.780. The summed E-state index contributed by atoms with van der Waals surface area (Å²) in [4.78, 5) is 38.3. The summed E-state index contributed by atoms with van der Waals surface area (Å²) in [6.07, 6.45) is 92.9. The normalized spacial score (nSPS) is 12.7. The Labute approximate surface area is 502 Å². The Bertz CT molecular complexity index is 1580. The second-order valence-corrected chi connectivity index (χ2v) is 23.1. The van der Waals surface area contributed by atoms with Crippen LogP contribution >= 0.6 is 0 Å². The highest BCUT2D eigenvalue weighted by Gasteiger charge is 2.19. The van der Waals surface area contributed by atoms with Gasteiger partial charge in [0.2, 0.25) is 0 Å². The third-order valence-corrected chi connectivity index (χ3v) is 15.1. The van der Waals surface area contributed by atoms with E-state index in [-0.39, 0.29) is 31.1 Å². The van der Waals surface area contributed by atoms with Gasteiger partial charge in [-0.2, -0.15) is 0 Å². The number of allylic oxidation sites excluding steroid dienone is 16. The van der Waals surface area contributed by atoms with Crippen molar-refractivity contribution in [1.29, 1.82) is 0 Å². The van der Waals surface area contributed by atoms with Gasteiger partial charge in [0.15, 0.2) is 6.10 Å². The Hall–Kier alpha value is -3.67. The maximum atomic E-state index is 12.9. The Morgan fingerprint density at radius 3 is 0.765 bits per heavy atom. The van der Waals surface area contributed by atoms with Gasteiger partial charge in [0, 0.05) is 19.3 Å². The second kappa shape index (κ2) is 68.8. The molecular weight excluding hydrogens is 997 g/mol. The first-order valence-electron chi connectivity index (χ1n) is 34.7. The fraction of sp³-hybridized carbons (Fsp3) is 0.747. The molecule has 0 bridgehead atoms. The fourth-order valence-corrected chi connectivity index (χ4v) is 9.89. The van der Waals surface area contributed by atoms with Crippen molar-refractivity contribution in [2.45, 2.75) is 348 Å². The van der Waals surface area contributed by atoms with Crippen molar-refractivity contribution in [3.63, 3.8) is 0 Å². The number of carbonyl (C=O) groups is 3. The predicted molar refractivity (Wildman–Crippen MR) is 353 cm³/mol. The van der Waals surface area contributed by atoms with Crippen LogP contribution in [0.15, 0.2) is 97.2 Å². The molecule has 0 aliphatic rings. The molecule has 1 atom stereocenters. The van der Waals surface area contributed by atoms with Gasteiger partial charge in [-0.05, 0) is 103 Å². The summed E-state index contributed by atoms with van der Waals surface area (Å²) >= 11 is 0. The van der Waals surface area contributed by atoms with E-state index in [1.807, 2.05) is 0 Å². The molecule has 0 N–H and O–H groups in total. The largest absolute Gasteiger partial charge is 0.462 e. The van der Waals surface area contributed by atoms with Crippen LogP contribution in [0.3, 0.4) is 0 Å². The van der Waals surface area contributed by atoms with E-state index in [2.05, 4.69) is 118 Å². The molecule has 0 heterocycles. The van der Waals surface area contributed by atoms with Crippen LogP contribution in [0.25, 0.3) is 0 Å². The highest BCUT2D eigenvalue weighted by Crippen LogP contribution is 2.17. The SMILES string of the molecule is CC/C=C\C/C=C\C/C=C\C/C=C\C/C=C\C/C=C\C/C=C\CCCCCCCCCCCC(=O)OCC(COC(=O)CCCCCCCCCCCCC)OC(=O)CCCCCCCCCCC/C=C\CCCCCCCCCC. The molecule has 0 aliphatic carbocycles. The molecule has 0 amide bonds. The standard InChI is InChI=1S/C75H130O6/c1-4-7-10-13-16-19-22-24-26-28-30-32-33-34-35-36-37-38-39-40-41-43-44-46-48-50-53-56-59-62-65-68-74(77)80-71-72(70-79-73(76)67-64-61-58-55-52-21-18-15-12-9-6-3)81-75(78)69-66-63-60-57-54-51-49-47-45-42-31-29-27-25-23-20-17-14-11-8-5-2/h7,10,16,19,24,26,29-32,34-35,37-38,40-41,72H,4-6,8-9,11-15,17-18,20-23,25,27-28,33,36,39,42-71H2,1-3H3/b10-7-,19-16-,26-24-,31-29-,32-30-,35-34-,38-37-,41-40-. The van der Waals surface area contributed by atoms with E-state index in [1.54, 1.807) is 0 Å². The molecule has 0 radical (unpaired) electrons. The van der Waals surface area contributed by atoms with Crippen LogP contribution in [-0.4, -0.2) is 37.2 Å². The first kappa shape index (κ1) is 77.3. The Balaban J connectivity index is 4.24. The van der Waals surface area contributed by atoms with Crippen LogP contribution in [-0.2, 0) is 28.6 Å². The number of hydrogen-bond donors (Lipinski definition) is 0. The Morgan fingerprint density at radius 2 is 0.481 bits per heavy atom. The van der Waals surface area contributed by atoms with Gasteiger partial charge in [-0.1, -0.05) is 317 Å². The maximum absolute atomic E-state index is 12.9. The van der Waals surface area contributed by atoms with E-state index < -0.39 is 6.10 Å². The topological polar surface area (TPSA) is 78.9 Å². The average Bonchev–Trinajstić information content (AvgIpc) is 3.47. The van der Waals surface area contributed by atoms with E-state index in [4.69, 9.17) is 14.2 Å². The molecule has 0 saturated carbocycles. The molecule has 6 heteroatoms. The van der Waals surface area contributed by atoms with Gasteiger partial charge in [-0.3, -0.25) is 14.4 Å². The molecule has 0 rings (SSSR count). The summed E-state index contributed by atoms with van der Waals surface area (Å²) in [6.45, 7) is 6.55. The third-order valence-electron chi connectivity index (χ3n) is 15.1. The van der Waals surface area contributed by atoms with Crippen molar-refractivity contribution in [2.24, 2.45) is 0 Å². The van der Waals surface area contributed by atoms with Crippen molar-refractivity contribution in [3.8, 4) is 0 Å². The van der Waals surface area contributed by atoms with Crippen molar-refractivity contribution in [2.75, 3.05) is 13.2 Å². The zero-order chi connectivity index (χ0) is 58.5. The summed E-state index contributed by atoms with van der Waals surface area (Å²) in [5.74, 6) is -0.871. The van der Waals surface area contributed by atoms with Gasteiger partial charge in [-0.15, -0.1) is 0 Å². The van der Waals surface area contributed by atoms with Crippen molar-refractivity contribution in [3.05, 3.63) is 97.2 Å². The van der Waals surface area contributed by atoms with E-state index in [9.17, 15) is 14.4 Å². The third kappa shape index (κ3) is 67.0. The molecule has 0 saturated heterocycles. The van der Waals surface area contributed by atoms with E-state index >= 15 is 0 Å². The van der Waals surface area contributed by atoms with Gasteiger partial charge >= 0.3 is 17.9 Å². The predicted octanol–water partition coefficient (Wildman–Crippen LogP) is 24.0. The van der Waals surface area contributed by atoms with Crippen molar-refractivity contribution >= 4 is 17.9 Å². The monoisotopic (exact) mass is 1130 g/mol. The average molecular weight is 1130 g/mol. The van der Waals surface area contributed by atoms with Gasteiger partial charge in [-0.25, -0.2) is 0 Å². The molecule has 1 unspecified atom stereocenters. The first-order chi connectivity index (χ1) is 40.0. The minimum Gasteiger partial charge on any atom is -0.462 e. The molecule has 466 valence electrons. The summed E-state index contributed by atoms with van der Waals surface area (Å²) in [5, 5.41) is 0. The minimum absolute atomic E-state index is 0.0761. The van der Waals surface area contributed by atoms with Gasteiger partial charge in [0.1, 0.15) is 13.2 Å². The molecule has 6 nitrogen and oxygen atoms in total. The zero-order valence-corrected chi connectivity index (χ0v) is 53.5. The number of rotatable bonds is 63. The summed E-state index contributed by atoms with van der Waals surface area (Å²) in [5.41, 5.74) is 0. The van der Waals surface area contributed by atoms with Crippen LogP contribution in [0.2, 0.25) is 0 Å². The molecule has 0 aromatic heterocycles. The molecule has 0 aromatic carbocycles. The lowest BCUT2D eigenvalue weighted by molar-refractivity contribution is -0.167. The van der Waals surface area contributed by atoms with E-state index in [1.165, 1.54) is 193 Å². The number of unbranched alkanes of at least 4 members (excludes halogenated alkanes) is 36. The van der Waals surface area contributed by atoms with Crippen LogP contribution in [0, 0.1) is 0 Å². The highest BCUT2D eigenvalue weighted by atomic mass is 16.6. The number of esters is 3. The molecular formula is C75H130O6. The van der Waals surface area contributed by atoms with E-state index in [0.717, 1.165) is 109 Å². The number of hydrogen-bond acceptors (Lipinski definition) is 6. The second-order valence-electron chi connectivity index (χ2n) is 23.1. The Morgan fingerprint density at radius 1 is 0.259 bits per heavy atom. The lowest BCUT2D eigenvalue weighted by Gasteiger charge is -2.18. The van der Waals surface area contributed by atoms with Crippen molar-refractivity contribution in [1.82, 2.24) is 0 Å². The summed E-state index contributed by atoms with van der Waals surface area (Å²) in [6, 6.07) is 0. The summed E-state index contributed by atoms with van der Waals surface area (Å²) in [7, 11) is 0. The lowest BCUT2D eigenvalue weighted by Crippen LogP contribution is -2.30. The van der Waals surface area contributed by atoms with Crippen LogP contribution < -0.4 is 0 Å². The number of ether oxygens (including phenoxy) is 3. The molecule has 0 fully saturated rings. The van der Waals surface area contributed by atoms with Gasteiger partial charge in [0.05, 0.1) is 0 Å². The molecule has 0 aromatic rings. The van der Waals surface area contributed by atoms with Crippen molar-refractivity contribution < 1.29 is 28.6 Å². The van der Waals surface area contributed by atoms with Crippen LogP contribution in [0.5, 0.6) is 0 Å². The quantitative estimate of drug-likeness (QED) is 0.0261. The maximum Gasteiger partial charge on any atom is 0.306 e. The van der Waals surface area contributed by atoms with Gasteiger partial charge in [0.25, 0.3) is 0 Å².